The van der Waals surface area contributed by atoms with Crippen LogP contribution in [0.2, 0.25) is 0 Å². The highest BCUT2D eigenvalue weighted by molar-refractivity contribution is 5.29. The van der Waals surface area contributed by atoms with Crippen LogP contribution in [0, 0.1) is 5.82 Å². The van der Waals surface area contributed by atoms with E-state index in [-0.39, 0.29) is 11.6 Å². The number of alkyl halides is 2. The topological polar surface area (TPSA) is 29.5 Å². The Morgan fingerprint density at radius 1 is 0.950 bits per heavy atom. The third-order valence-electron chi connectivity index (χ3n) is 2.83. The lowest BCUT2D eigenvalue weighted by Crippen LogP contribution is -2.04. The molecule has 1 atom stereocenters. The van der Waals surface area contributed by atoms with E-state index in [1.54, 1.807) is 12.1 Å². The van der Waals surface area contributed by atoms with Crippen molar-refractivity contribution in [3.05, 3.63) is 65.5 Å². The molecule has 0 saturated carbocycles. The Kier molecular flexibility index (Phi) is 4.63. The van der Waals surface area contributed by atoms with Crippen molar-refractivity contribution in [3.63, 3.8) is 0 Å². The van der Waals surface area contributed by atoms with Gasteiger partial charge in [0.25, 0.3) is 0 Å². The standard InChI is InChI=1S/C15H13F3O2/c16-12-5-1-10(2-6-12)9-14(19)11-3-7-13(8-4-11)20-15(17)18/h1-8,14-15,19H,9H2. The van der Waals surface area contributed by atoms with E-state index >= 15 is 0 Å². The zero-order valence-corrected chi connectivity index (χ0v) is 10.5. The molecule has 0 aromatic heterocycles. The monoisotopic (exact) mass is 282 g/mol. The molecule has 0 aliphatic rings. The van der Waals surface area contributed by atoms with Crippen LogP contribution in [0.15, 0.2) is 48.5 Å². The molecule has 2 nitrogen and oxygen atoms in total. The van der Waals surface area contributed by atoms with Crippen LogP contribution in [0.5, 0.6) is 5.75 Å². The van der Waals surface area contributed by atoms with E-state index < -0.39 is 12.7 Å². The fourth-order valence-corrected chi connectivity index (χ4v) is 1.83. The van der Waals surface area contributed by atoms with E-state index in [9.17, 15) is 18.3 Å². The molecule has 2 rings (SSSR count). The summed E-state index contributed by atoms with van der Waals surface area (Å²) < 4.78 is 41.0. The normalized spacial score (nSPS) is 12.4. The first-order chi connectivity index (χ1) is 9.54. The van der Waals surface area contributed by atoms with Crippen molar-refractivity contribution in [2.24, 2.45) is 0 Å². The van der Waals surface area contributed by atoms with Crippen LogP contribution >= 0.6 is 0 Å². The van der Waals surface area contributed by atoms with Crippen LogP contribution in [-0.2, 0) is 6.42 Å². The van der Waals surface area contributed by atoms with Gasteiger partial charge in [-0.25, -0.2) is 4.39 Å². The van der Waals surface area contributed by atoms with Crippen molar-refractivity contribution in [1.29, 1.82) is 0 Å². The highest BCUT2D eigenvalue weighted by atomic mass is 19.3. The third kappa shape index (κ3) is 3.99. The van der Waals surface area contributed by atoms with Crippen LogP contribution in [0.25, 0.3) is 0 Å². The summed E-state index contributed by atoms with van der Waals surface area (Å²) in [4.78, 5) is 0. The SMILES string of the molecule is OC(Cc1ccc(F)cc1)c1ccc(OC(F)F)cc1. The van der Waals surface area contributed by atoms with Gasteiger partial charge in [0.1, 0.15) is 11.6 Å². The first kappa shape index (κ1) is 14.4. The number of benzene rings is 2. The van der Waals surface area contributed by atoms with Gasteiger partial charge < -0.3 is 9.84 Å². The van der Waals surface area contributed by atoms with E-state index in [2.05, 4.69) is 4.74 Å². The van der Waals surface area contributed by atoms with E-state index in [1.165, 1.54) is 36.4 Å². The van der Waals surface area contributed by atoms with Gasteiger partial charge >= 0.3 is 6.61 Å². The number of rotatable bonds is 5. The minimum Gasteiger partial charge on any atom is -0.435 e. The summed E-state index contributed by atoms with van der Waals surface area (Å²) in [6.07, 6.45) is -0.476. The molecule has 1 unspecified atom stereocenters. The van der Waals surface area contributed by atoms with Gasteiger partial charge in [0.15, 0.2) is 0 Å². The van der Waals surface area contributed by atoms with Crippen molar-refractivity contribution < 1.29 is 23.0 Å². The van der Waals surface area contributed by atoms with E-state index in [0.717, 1.165) is 5.56 Å². The number of hydrogen-bond acceptors (Lipinski definition) is 2. The Bertz CT molecular complexity index is 538. The minimum absolute atomic E-state index is 0.0396. The van der Waals surface area contributed by atoms with Gasteiger partial charge in [0.05, 0.1) is 6.10 Å². The second kappa shape index (κ2) is 6.43. The Labute approximate surface area is 114 Å². The molecule has 0 aliphatic heterocycles. The molecular formula is C15H13F3O2. The summed E-state index contributed by atoms with van der Waals surface area (Å²) in [5.41, 5.74) is 1.36. The number of halogens is 3. The summed E-state index contributed by atoms with van der Waals surface area (Å²) in [6, 6.07) is 11.6. The average Bonchev–Trinajstić information content (AvgIpc) is 2.41. The number of aliphatic hydroxyl groups is 1. The van der Waals surface area contributed by atoms with Gasteiger partial charge in [-0.2, -0.15) is 8.78 Å². The summed E-state index contributed by atoms with van der Waals surface area (Å²) in [5, 5.41) is 10.0. The van der Waals surface area contributed by atoms with E-state index in [4.69, 9.17) is 0 Å². The summed E-state index contributed by atoms with van der Waals surface area (Å²) in [6.45, 7) is -2.87. The molecule has 0 aliphatic carbocycles. The third-order valence-corrected chi connectivity index (χ3v) is 2.83. The van der Waals surface area contributed by atoms with Gasteiger partial charge in [-0.3, -0.25) is 0 Å². The molecule has 2 aromatic carbocycles. The second-order valence-corrected chi connectivity index (χ2v) is 4.29. The average molecular weight is 282 g/mol. The van der Waals surface area contributed by atoms with Crippen molar-refractivity contribution in [1.82, 2.24) is 0 Å². The molecule has 106 valence electrons. The van der Waals surface area contributed by atoms with Gasteiger partial charge in [0, 0.05) is 6.42 Å². The first-order valence-electron chi connectivity index (χ1n) is 6.02. The molecule has 5 heteroatoms. The van der Waals surface area contributed by atoms with Crippen LogP contribution in [-0.4, -0.2) is 11.7 Å². The van der Waals surface area contributed by atoms with Crippen molar-refractivity contribution in [2.45, 2.75) is 19.1 Å². The Morgan fingerprint density at radius 2 is 1.55 bits per heavy atom. The largest absolute Gasteiger partial charge is 0.435 e. The molecule has 0 fully saturated rings. The predicted octanol–water partition coefficient (Wildman–Crippen LogP) is 3.70. The van der Waals surface area contributed by atoms with E-state index in [1.807, 2.05) is 0 Å². The van der Waals surface area contributed by atoms with Gasteiger partial charge in [-0.1, -0.05) is 24.3 Å². The second-order valence-electron chi connectivity index (χ2n) is 4.29. The van der Waals surface area contributed by atoms with Gasteiger partial charge in [-0.15, -0.1) is 0 Å². The van der Waals surface area contributed by atoms with Gasteiger partial charge in [-0.05, 0) is 35.4 Å². The predicted molar refractivity (Wildman–Crippen MR) is 68.1 cm³/mol. The van der Waals surface area contributed by atoms with Crippen LogP contribution < -0.4 is 4.74 Å². The molecule has 0 saturated heterocycles. The molecule has 2 aromatic rings. The smallest absolute Gasteiger partial charge is 0.387 e. The summed E-state index contributed by atoms with van der Waals surface area (Å²) >= 11 is 0. The summed E-state index contributed by atoms with van der Waals surface area (Å²) in [7, 11) is 0. The fraction of sp³-hybridized carbons (Fsp3) is 0.200. The quantitative estimate of drug-likeness (QED) is 0.906. The zero-order chi connectivity index (χ0) is 14.5. The summed E-state index contributed by atoms with van der Waals surface area (Å²) in [5.74, 6) is -0.297. The molecule has 0 bridgehead atoms. The van der Waals surface area contributed by atoms with Crippen LogP contribution in [0.4, 0.5) is 13.2 Å². The number of ether oxygens (including phenoxy) is 1. The maximum Gasteiger partial charge on any atom is 0.387 e. The lowest BCUT2D eigenvalue weighted by atomic mass is 10.0. The van der Waals surface area contributed by atoms with Crippen LogP contribution in [0.3, 0.4) is 0 Å². The highest BCUT2D eigenvalue weighted by Crippen LogP contribution is 2.22. The number of hydrogen-bond donors (Lipinski definition) is 1. The molecule has 0 amide bonds. The lowest BCUT2D eigenvalue weighted by Gasteiger charge is -2.12. The van der Waals surface area contributed by atoms with Crippen molar-refractivity contribution in [3.8, 4) is 5.75 Å². The Morgan fingerprint density at radius 3 is 2.10 bits per heavy atom. The maximum atomic E-state index is 12.8. The number of aliphatic hydroxyl groups excluding tert-OH is 1. The Balaban J connectivity index is 2.01. The molecule has 1 N–H and O–H groups in total. The molecule has 0 radical (unpaired) electrons. The maximum absolute atomic E-state index is 12.8. The molecular weight excluding hydrogens is 269 g/mol. The lowest BCUT2D eigenvalue weighted by molar-refractivity contribution is -0.0498. The zero-order valence-electron chi connectivity index (χ0n) is 10.5. The van der Waals surface area contributed by atoms with Crippen LogP contribution in [0.1, 0.15) is 17.2 Å². The van der Waals surface area contributed by atoms with Crippen molar-refractivity contribution >= 4 is 0 Å². The first-order valence-corrected chi connectivity index (χ1v) is 6.02. The van der Waals surface area contributed by atoms with E-state index in [0.29, 0.717) is 12.0 Å². The Hall–Kier alpha value is -2.01. The van der Waals surface area contributed by atoms with Crippen molar-refractivity contribution in [2.75, 3.05) is 0 Å². The highest BCUT2D eigenvalue weighted by Gasteiger charge is 2.10. The minimum atomic E-state index is -2.87. The fourth-order valence-electron chi connectivity index (χ4n) is 1.83. The molecule has 0 heterocycles. The molecule has 0 spiro atoms. The molecule has 20 heavy (non-hydrogen) atoms. The van der Waals surface area contributed by atoms with Gasteiger partial charge in [0.2, 0.25) is 0 Å².